The first-order chi connectivity index (χ1) is 9.81. The van der Waals surface area contributed by atoms with E-state index in [0.29, 0.717) is 6.54 Å². The number of aryl methyl sites for hydroxylation is 1. The molecule has 1 heteroatoms. The highest BCUT2D eigenvalue weighted by Gasteiger charge is 1.93. The van der Waals surface area contributed by atoms with Gasteiger partial charge < -0.3 is 5.73 Å². The van der Waals surface area contributed by atoms with E-state index in [2.05, 4.69) is 36.6 Å². The van der Waals surface area contributed by atoms with Gasteiger partial charge in [-0.05, 0) is 48.2 Å². The quantitative estimate of drug-likeness (QED) is 0.659. The van der Waals surface area contributed by atoms with Crippen molar-refractivity contribution in [2.45, 2.75) is 19.4 Å². The molecule has 0 spiro atoms. The molecule has 0 radical (unpaired) electrons. The Morgan fingerprint density at radius 2 is 1.70 bits per heavy atom. The van der Waals surface area contributed by atoms with Gasteiger partial charge >= 0.3 is 0 Å². The van der Waals surface area contributed by atoms with Gasteiger partial charge in [0.15, 0.2) is 0 Å². The van der Waals surface area contributed by atoms with Gasteiger partial charge in [0.05, 0.1) is 0 Å². The maximum Gasteiger partial charge on any atom is 0.0251 e. The molecule has 2 aromatic rings. The first-order valence-corrected chi connectivity index (χ1v) is 6.82. The molecule has 0 heterocycles. The molecule has 20 heavy (non-hydrogen) atoms. The van der Waals surface area contributed by atoms with Crippen LogP contribution in [-0.4, -0.2) is 0 Å². The zero-order valence-electron chi connectivity index (χ0n) is 11.6. The van der Waals surface area contributed by atoms with Crippen LogP contribution >= 0.6 is 0 Å². The van der Waals surface area contributed by atoms with Gasteiger partial charge in [0.2, 0.25) is 0 Å². The Hall–Kier alpha value is -2.30. The van der Waals surface area contributed by atoms with Crippen LogP contribution in [0.25, 0.3) is 0 Å². The van der Waals surface area contributed by atoms with E-state index in [-0.39, 0.29) is 0 Å². The van der Waals surface area contributed by atoms with E-state index >= 15 is 0 Å². The smallest absolute Gasteiger partial charge is 0.0251 e. The normalized spacial score (nSPS) is 9.65. The van der Waals surface area contributed by atoms with Gasteiger partial charge in [-0.25, -0.2) is 0 Å². The molecule has 1 nitrogen and oxygen atoms in total. The highest BCUT2D eigenvalue weighted by Crippen LogP contribution is 2.08. The van der Waals surface area contributed by atoms with Crippen molar-refractivity contribution in [3.63, 3.8) is 0 Å². The highest BCUT2D eigenvalue weighted by atomic mass is 14.5. The molecule has 2 aromatic carbocycles. The second-order valence-corrected chi connectivity index (χ2v) is 4.68. The lowest BCUT2D eigenvalue weighted by molar-refractivity contribution is 1.00. The maximum atomic E-state index is 5.58. The predicted molar refractivity (Wildman–Crippen MR) is 85.3 cm³/mol. The number of allylic oxidation sites excluding steroid dienone is 1. The van der Waals surface area contributed by atoms with Crippen LogP contribution in [-0.2, 0) is 13.0 Å². The van der Waals surface area contributed by atoms with E-state index < -0.39 is 0 Å². The van der Waals surface area contributed by atoms with Crippen LogP contribution in [0.3, 0.4) is 0 Å². The molecule has 0 amide bonds. The van der Waals surface area contributed by atoms with Crippen molar-refractivity contribution in [3.05, 3.63) is 83.4 Å². The monoisotopic (exact) mass is 261 g/mol. The molecular weight excluding hydrogens is 242 g/mol. The number of hydrogen-bond acceptors (Lipinski definition) is 1. The van der Waals surface area contributed by atoms with Crippen LogP contribution in [0.15, 0.2) is 61.2 Å². The molecule has 0 aliphatic rings. The molecule has 0 bridgehead atoms. The molecule has 0 saturated carbocycles. The lowest BCUT2D eigenvalue weighted by Crippen LogP contribution is -1.95. The van der Waals surface area contributed by atoms with Gasteiger partial charge in [-0.1, -0.05) is 42.2 Å². The summed E-state index contributed by atoms with van der Waals surface area (Å²) in [6, 6.07) is 16.4. The second-order valence-electron chi connectivity index (χ2n) is 4.68. The lowest BCUT2D eigenvalue weighted by atomic mass is 10.1. The van der Waals surface area contributed by atoms with E-state index in [1.54, 1.807) is 0 Å². The van der Waals surface area contributed by atoms with Gasteiger partial charge in [0.25, 0.3) is 0 Å². The summed E-state index contributed by atoms with van der Waals surface area (Å²) in [5, 5.41) is 0. The third-order valence-corrected chi connectivity index (χ3v) is 3.10. The third-order valence-electron chi connectivity index (χ3n) is 3.10. The average Bonchev–Trinajstić information content (AvgIpc) is 2.52. The molecule has 0 atom stereocenters. The van der Waals surface area contributed by atoms with E-state index in [1.807, 2.05) is 36.4 Å². The Kier molecular flexibility index (Phi) is 5.17. The van der Waals surface area contributed by atoms with E-state index in [9.17, 15) is 0 Å². The summed E-state index contributed by atoms with van der Waals surface area (Å²) in [7, 11) is 0. The van der Waals surface area contributed by atoms with Crippen molar-refractivity contribution in [1.82, 2.24) is 0 Å². The van der Waals surface area contributed by atoms with Crippen molar-refractivity contribution in [1.29, 1.82) is 0 Å². The molecule has 0 fully saturated rings. The third kappa shape index (κ3) is 4.12. The Morgan fingerprint density at radius 3 is 2.40 bits per heavy atom. The summed E-state index contributed by atoms with van der Waals surface area (Å²) in [5.74, 6) is 6.39. The summed E-state index contributed by atoms with van der Waals surface area (Å²) in [4.78, 5) is 0. The maximum absolute atomic E-state index is 5.58. The van der Waals surface area contributed by atoms with Gasteiger partial charge in [-0.2, -0.15) is 0 Å². The minimum Gasteiger partial charge on any atom is -0.326 e. The molecule has 0 saturated heterocycles. The summed E-state index contributed by atoms with van der Waals surface area (Å²) in [6.07, 6.45) is 3.96. The molecular formula is C19H19N. The van der Waals surface area contributed by atoms with Crippen LogP contribution in [0, 0.1) is 11.8 Å². The fraction of sp³-hybridized carbons (Fsp3) is 0.158. The van der Waals surface area contributed by atoms with Crippen molar-refractivity contribution >= 4 is 0 Å². The van der Waals surface area contributed by atoms with Crippen molar-refractivity contribution in [2.24, 2.45) is 5.73 Å². The molecule has 0 unspecified atom stereocenters. The molecule has 2 N–H and O–H groups in total. The minimum atomic E-state index is 0.569. The van der Waals surface area contributed by atoms with E-state index in [1.165, 1.54) is 5.56 Å². The molecule has 0 aliphatic carbocycles. The number of benzene rings is 2. The van der Waals surface area contributed by atoms with Gasteiger partial charge in [0, 0.05) is 17.7 Å². The predicted octanol–water partition coefficient (Wildman–Crippen LogP) is 3.66. The lowest BCUT2D eigenvalue weighted by Gasteiger charge is -1.99. The van der Waals surface area contributed by atoms with Crippen molar-refractivity contribution in [3.8, 4) is 11.8 Å². The molecule has 0 aromatic heterocycles. The van der Waals surface area contributed by atoms with E-state index in [4.69, 9.17) is 5.73 Å². The van der Waals surface area contributed by atoms with Crippen LogP contribution in [0.5, 0.6) is 0 Å². The van der Waals surface area contributed by atoms with Crippen LogP contribution in [0.2, 0.25) is 0 Å². The number of hydrogen-bond donors (Lipinski definition) is 1. The van der Waals surface area contributed by atoms with Crippen LogP contribution in [0.1, 0.15) is 28.7 Å². The SMILES string of the molecule is C=CCCc1cccc(C#Cc2ccc(CN)cc2)c1. The summed E-state index contributed by atoms with van der Waals surface area (Å²) in [6.45, 7) is 4.32. The first kappa shape index (κ1) is 14.1. The highest BCUT2D eigenvalue weighted by molar-refractivity contribution is 5.44. The summed E-state index contributed by atoms with van der Waals surface area (Å²) >= 11 is 0. The first-order valence-electron chi connectivity index (χ1n) is 6.82. The van der Waals surface area contributed by atoms with Crippen molar-refractivity contribution in [2.75, 3.05) is 0 Å². The fourth-order valence-corrected chi connectivity index (χ4v) is 1.94. The van der Waals surface area contributed by atoms with Crippen LogP contribution < -0.4 is 5.73 Å². The Labute approximate surface area is 121 Å². The fourth-order valence-electron chi connectivity index (χ4n) is 1.94. The molecule has 2 rings (SSSR count). The largest absolute Gasteiger partial charge is 0.326 e. The average molecular weight is 261 g/mol. The second kappa shape index (κ2) is 7.33. The number of rotatable bonds is 4. The van der Waals surface area contributed by atoms with Crippen molar-refractivity contribution < 1.29 is 0 Å². The summed E-state index contributed by atoms with van der Waals surface area (Å²) in [5.41, 5.74) is 10.1. The van der Waals surface area contributed by atoms with Gasteiger partial charge in [-0.3, -0.25) is 0 Å². The standard InChI is InChI=1S/C19H19N/c1-2-3-5-17-6-4-7-18(14-17)11-8-16-9-12-19(15-20)13-10-16/h2,4,6-7,9-10,12-14H,1,3,5,15,20H2. The Morgan fingerprint density at radius 1 is 0.950 bits per heavy atom. The van der Waals surface area contributed by atoms with Gasteiger partial charge in [-0.15, -0.1) is 6.58 Å². The molecule has 100 valence electrons. The van der Waals surface area contributed by atoms with Crippen LogP contribution in [0.4, 0.5) is 0 Å². The number of nitrogens with two attached hydrogens (primary N) is 1. The van der Waals surface area contributed by atoms with Gasteiger partial charge in [0.1, 0.15) is 0 Å². The summed E-state index contributed by atoms with van der Waals surface area (Å²) < 4.78 is 0. The minimum absolute atomic E-state index is 0.569. The Bertz CT molecular complexity index is 627. The van der Waals surface area contributed by atoms with E-state index in [0.717, 1.165) is 29.5 Å². The zero-order chi connectivity index (χ0) is 14.2. The zero-order valence-corrected chi connectivity index (χ0v) is 11.6. The topological polar surface area (TPSA) is 26.0 Å². The molecule has 0 aliphatic heterocycles. The Balaban J connectivity index is 2.12.